The number of nitrogens with zero attached hydrogens (tertiary/aromatic N) is 4. The summed E-state index contributed by atoms with van der Waals surface area (Å²) >= 11 is 5.03. The Kier molecular flexibility index (Phi) is 2.45. The molecule has 0 bridgehead atoms. The summed E-state index contributed by atoms with van der Waals surface area (Å²) in [6.45, 7) is 0.806. The molecule has 5 nitrogen and oxygen atoms in total. The average Bonchev–Trinajstić information content (AvgIpc) is 2.72. The SMILES string of the molecule is Cn1ccnc1CCn1cn[nH]c1=S. The Bertz CT molecular complexity index is 466. The first-order valence-electron chi connectivity index (χ1n) is 4.33. The van der Waals surface area contributed by atoms with Crippen LogP contribution in [0.3, 0.4) is 0 Å². The smallest absolute Gasteiger partial charge is 0.194 e. The van der Waals surface area contributed by atoms with Gasteiger partial charge in [-0.3, -0.25) is 5.10 Å². The zero-order valence-corrected chi connectivity index (χ0v) is 8.66. The zero-order chi connectivity index (χ0) is 9.97. The van der Waals surface area contributed by atoms with Gasteiger partial charge in [0, 0.05) is 32.4 Å². The van der Waals surface area contributed by atoms with Gasteiger partial charge < -0.3 is 9.13 Å². The minimum Gasteiger partial charge on any atom is -0.338 e. The number of hydrogen-bond acceptors (Lipinski definition) is 3. The van der Waals surface area contributed by atoms with E-state index < -0.39 is 0 Å². The number of aryl methyl sites for hydroxylation is 3. The largest absolute Gasteiger partial charge is 0.338 e. The van der Waals surface area contributed by atoms with Crippen LogP contribution in [-0.2, 0) is 20.0 Å². The van der Waals surface area contributed by atoms with Crippen LogP contribution in [0.1, 0.15) is 5.82 Å². The van der Waals surface area contributed by atoms with Crippen LogP contribution in [0.4, 0.5) is 0 Å². The quantitative estimate of drug-likeness (QED) is 0.765. The number of nitrogens with one attached hydrogen (secondary N) is 1. The van der Waals surface area contributed by atoms with Gasteiger partial charge in [0.1, 0.15) is 12.2 Å². The number of H-pyrrole nitrogens is 1. The van der Waals surface area contributed by atoms with Crippen LogP contribution in [0.2, 0.25) is 0 Å². The van der Waals surface area contributed by atoms with E-state index in [1.165, 1.54) is 0 Å². The lowest BCUT2D eigenvalue weighted by molar-refractivity contribution is 0.642. The maximum Gasteiger partial charge on any atom is 0.194 e. The van der Waals surface area contributed by atoms with E-state index in [0.717, 1.165) is 18.8 Å². The van der Waals surface area contributed by atoms with E-state index >= 15 is 0 Å². The number of aromatic nitrogens is 5. The molecule has 6 heteroatoms. The van der Waals surface area contributed by atoms with E-state index in [9.17, 15) is 0 Å². The summed E-state index contributed by atoms with van der Waals surface area (Å²) in [5, 5.41) is 6.56. The molecule has 2 aromatic heterocycles. The normalized spacial score (nSPS) is 10.6. The Morgan fingerprint density at radius 2 is 2.43 bits per heavy atom. The lowest BCUT2D eigenvalue weighted by Crippen LogP contribution is -2.04. The first kappa shape index (κ1) is 9.14. The molecule has 74 valence electrons. The molecule has 0 aliphatic heterocycles. The third kappa shape index (κ3) is 1.74. The van der Waals surface area contributed by atoms with Gasteiger partial charge in [0.2, 0.25) is 0 Å². The van der Waals surface area contributed by atoms with E-state index in [0.29, 0.717) is 4.77 Å². The van der Waals surface area contributed by atoms with Crippen molar-refractivity contribution in [3.05, 3.63) is 29.3 Å². The summed E-state index contributed by atoms with van der Waals surface area (Å²) < 4.78 is 4.55. The van der Waals surface area contributed by atoms with Gasteiger partial charge in [-0.05, 0) is 12.2 Å². The molecule has 2 rings (SSSR count). The summed E-state index contributed by atoms with van der Waals surface area (Å²) in [5.74, 6) is 1.05. The molecule has 0 saturated carbocycles. The maximum atomic E-state index is 5.03. The molecular formula is C8H11N5S. The molecule has 0 unspecified atom stereocenters. The molecule has 0 fully saturated rings. The lowest BCUT2D eigenvalue weighted by atomic mass is 10.4. The molecule has 14 heavy (non-hydrogen) atoms. The zero-order valence-electron chi connectivity index (χ0n) is 7.84. The molecule has 1 N–H and O–H groups in total. The van der Waals surface area contributed by atoms with Gasteiger partial charge in [-0.1, -0.05) is 0 Å². The van der Waals surface area contributed by atoms with Crippen molar-refractivity contribution in [3.63, 3.8) is 0 Å². The van der Waals surface area contributed by atoms with Crippen LogP contribution in [0.5, 0.6) is 0 Å². The summed E-state index contributed by atoms with van der Waals surface area (Å²) in [4.78, 5) is 4.23. The number of hydrogen-bond donors (Lipinski definition) is 1. The summed E-state index contributed by atoms with van der Waals surface area (Å²) in [5.41, 5.74) is 0. The highest BCUT2D eigenvalue weighted by molar-refractivity contribution is 7.71. The van der Waals surface area contributed by atoms with Gasteiger partial charge in [-0.15, -0.1) is 0 Å². The molecule has 0 spiro atoms. The molecule has 0 radical (unpaired) electrons. The Hall–Kier alpha value is -1.43. The van der Waals surface area contributed by atoms with Crippen LogP contribution < -0.4 is 0 Å². The molecule has 0 saturated heterocycles. The molecular weight excluding hydrogens is 198 g/mol. The van der Waals surface area contributed by atoms with E-state index in [-0.39, 0.29) is 0 Å². The third-order valence-electron chi connectivity index (χ3n) is 2.12. The predicted octanol–water partition coefficient (Wildman–Crippen LogP) is 0.917. The predicted molar refractivity (Wildman–Crippen MR) is 54.3 cm³/mol. The number of aromatic amines is 1. The maximum absolute atomic E-state index is 5.03. The second-order valence-electron chi connectivity index (χ2n) is 3.06. The van der Waals surface area contributed by atoms with Crippen molar-refractivity contribution in [1.29, 1.82) is 0 Å². The van der Waals surface area contributed by atoms with Crippen molar-refractivity contribution < 1.29 is 0 Å². The summed E-state index contributed by atoms with van der Waals surface area (Å²) in [6, 6.07) is 0. The minimum absolute atomic E-state index is 0.652. The van der Waals surface area contributed by atoms with Gasteiger partial charge in [0.05, 0.1) is 0 Å². The number of rotatable bonds is 3. The highest BCUT2D eigenvalue weighted by atomic mass is 32.1. The standard InChI is InChI=1S/C8H11N5S/c1-12-5-3-9-7(12)2-4-13-6-10-11-8(13)14/h3,5-6H,2,4H2,1H3,(H,11,14). The van der Waals surface area contributed by atoms with Crippen molar-refractivity contribution in [2.45, 2.75) is 13.0 Å². The Morgan fingerprint density at radius 3 is 3.00 bits per heavy atom. The third-order valence-corrected chi connectivity index (χ3v) is 2.44. The molecule has 0 amide bonds. The van der Waals surface area contributed by atoms with Crippen molar-refractivity contribution in [3.8, 4) is 0 Å². The summed E-state index contributed by atoms with van der Waals surface area (Å²) in [6.07, 6.45) is 6.29. The van der Waals surface area contributed by atoms with E-state index in [1.54, 1.807) is 12.5 Å². The second kappa shape index (κ2) is 3.75. The monoisotopic (exact) mass is 209 g/mol. The van der Waals surface area contributed by atoms with Gasteiger partial charge in [0.15, 0.2) is 4.77 Å². The molecule has 0 atom stereocenters. The summed E-state index contributed by atoms with van der Waals surface area (Å²) in [7, 11) is 1.98. The van der Waals surface area contributed by atoms with E-state index in [2.05, 4.69) is 15.2 Å². The topological polar surface area (TPSA) is 51.4 Å². The fourth-order valence-electron chi connectivity index (χ4n) is 1.29. The highest BCUT2D eigenvalue weighted by Crippen LogP contribution is 1.98. The van der Waals surface area contributed by atoms with Crippen molar-refractivity contribution >= 4 is 12.2 Å². The number of imidazole rings is 1. The fraction of sp³-hybridized carbons (Fsp3) is 0.375. The molecule has 0 aromatic carbocycles. The van der Waals surface area contributed by atoms with Crippen LogP contribution in [0.25, 0.3) is 0 Å². The van der Waals surface area contributed by atoms with E-state index in [1.807, 2.05) is 22.4 Å². The molecule has 2 aromatic rings. The van der Waals surface area contributed by atoms with Gasteiger partial charge in [-0.2, -0.15) is 5.10 Å². The van der Waals surface area contributed by atoms with Gasteiger partial charge >= 0.3 is 0 Å². The van der Waals surface area contributed by atoms with Crippen LogP contribution in [0, 0.1) is 4.77 Å². The van der Waals surface area contributed by atoms with Crippen LogP contribution in [0.15, 0.2) is 18.7 Å². The van der Waals surface area contributed by atoms with Crippen molar-refractivity contribution in [2.24, 2.45) is 7.05 Å². The molecule has 0 aliphatic carbocycles. The first-order valence-corrected chi connectivity index (χ1v) is 4.74. The van der Waals surface area contributed by atoms with E-state index in [4.69, 9.17) is 12.2 Å². The first-order chi connectivity index (χ1) is 6.77. The highest BCUT2D eigenvalue weighted by Gasteiger charge is 2.00. The van der Waals surface area contributed by atoms with Gasteiger partial charge in [-0.25, -0.2) is 4.98 Å². The second-order valence-corrected chi connectivity index (χ2v) is 3.45. The fourth-order valence-corrected chi connectivity index (χ4v) is 1.48. The average molecular weight is 209 g/mol. The van der Waals surface area contributed by atoms with Crippen molar-refractivity contribution in [2.75, 3.05) is 0 Å². The van der Waals surface area contributed by atoms with Crippen molar-refractivity contribution in [1.82, 2.24) is 24.3 Å². The molecule has 0 aliphatic rings. The van der Waals surface area contributed by atoms with Gasteiger partial charge in [0.25, 0.3) is 0 Å². The Morgan fingerprint density at radius 1 is 1.57 bits per heavy atom. The lowest BCUT2D eigenvalue weighted by Gasteiger charge is -2.01. The Balaban J connectivity index is 2.05. The minimum atomic E-state index is 0.652. The van der Waals surface area contributed by atoms with Crippen LogP contribution >= 0.6 is 12.2 Å². The Labute approximate surface area is 86.4 Å². The molecule has 2 heterocycles. The van der Waals surface area contributed by atoms with Crippen LogP contribution in [-0.4, -0.2) is 24.3 Å².